The molecule has 1 amide bonds. The van der Waals surface area contributed by atoms with Gasteiger partial charge in [-0.05, 0) is 31.0 Å². The molecule has 6 nitrogen and oxygen atoms in total. The van der Waals surface area contributed by atoms with Gasteiger partial charge in [-0.1, -0.05) is 6.07 Å². The lowest BCUT2D eigenvalue weighted by Gasteiger charge is -2.32. The van der Waals surface area contributed by atoms with Crippen molar-refractivity contribution in [3.8, 4) is 0 Å². The average molecular weight is 339 g/mol. The molecule has 1 aliphatic heterocycles. The summed E-state index contributed by atoms with van der Waals surface area (Å²) >= 11 is 0. The SMILES string of the molecule is O=C(Nc1cccc(F)c1)C1CCN(c2nccn3cncc23)CC1. The van der Waals surface area contributed by atoms with Crippen molar-refractivity contribution >= 4 is 22.9 Å². The van der Waals surface area contributed by atoms with Crippen LogP contribution in [-0.2, 0) is 4.79 Å². The number of amides is 1. The summed E-state index contributed by atoms with van der Waals surface area (Å²) in [5.41, 5.74) is 1.46. The molecule has 1 N–H and O–H groups in total. The zero-order chi connectivity index (χ0) is 17.2. The van der Waals surface area contributed by atoms with Gasteiger partial charge in [-0.2, -0.15) is 0 Å². The fourth-order valence-corrected chi connectivity index (χ4v) is 3.25. The van der Waals surface area contributed by atoms with Crippen molar-refractivity contribution in [1.82, 2.24) is 14.4 Å². The number of piperidine rings is 1. The van der Waals surface area contributed by atoms with Crippen molar-refractivity contribution < 1.29 is 9.18 Å². The fourth-order valence-electron chi connectivity index (χ4n) is 3.25. The molecule has 3 aromatic rings. The van der Waals surface area contributed by atoms with Gasteiger partial charge in [0, 0.05) is 37.1 Å². The number of carbonyl (C=O) groups excluding carboxylic acids is 1. The van der Waals surface area contributed by atoms with E-state index < -0.39 is 0 Å². The minimum Gasteiger partial charge on any atom is -0.355 e. The molecule has 3 heterocycles. The van der Waals surface area contributed by atoms with Gasteiger partial charge >= 0.3 is 0 Å². The molecule has 1 aliphatic rings. The lowest BCUT2D eigenvalue weighted by Crippen LogP contribution is -2.38. The maximum atomic E-state index is 13.2. The van der Waals surface area contributed by atoms with Crippen LogP contribution in [0.4, 0.5) is 15.9 Å². The molecule has 0 saturated carbocycles. The maximum Gasteiger partial charge on any atom is 0.227 e. The molecule has 1 fully saturated rings. The lowest BCUT2D eigenvalue weighted by molar-refractivity contribution is -0.120. The van der Waals surface area contributed by atoms with E-state index in [1.54, 1.807) is 30.9 Å². The Morgan fingerprint density at radius 3 is 2.92 bits per heavy atom. The van der Waals surface area contributed by atoms with Crippen LogP contribution in [0.15, 0.2) is 49.2 Å². The first-order chi connectivity index (χ1) is 12.2. The van der Waals surface area contributed by atoms with Crippen LogP contribution in [0.5, 0.6) is 0 Å². The molecule has 0 radical (unpaired) electrons. The third-order valence-corrected chi connectivity index (χ3v) is 4.58. The largest absolute Gasteiger partial charge is 0.355 e. The molecule has 7 heteroatoms. The Morgan fingerprint density at radius 2 is 2.12 bits per heavy atom. The number of aromatic nitrogens is 3. The summed E-state index contributed by atoms with van der Waals surface area (Å²) in [5.74, 6) is 0.404. The van der Waals surface area contributed by atoms with Crippen LogP contribution in [0, 0.1) is 11.7 Å². The Balaban J connectivity index is 1.41. The van der Waals surface area contributed by atoms with Crippen molar-refractivity contribution in [1.29, 1.82) is 0 Å². The van der Waals surface area contributed by atoms with Crippen LogP contribution < -0.4 is 10.2 Å². The third-order valence-electron chi connectivity index (χ3n) is 4.58. The number of anilines is 2. The Hall–Kier alpha value is -2.96. The van der Waals surface area contributed by atoms with Gasteiger partial charge in [-0.3, -0.25) is 4.79 Å². The van der Waals surface area contributed by atoms with E-state index in [2.05, 4.69) is 20.2 Å². The first-order valence-electron chi connectivity index (χ1n) is 8.29. The Labute approximate surface area is 144 Å². The van der Waals surface area contributed by atoms with E-state index in [1.807, 2.05) is 10.6 Å². The molecule has 128 valence electrons. The summed E-state index contributed by atoms with van der Waals surface area (Å²) < 4.78 is 15.2. The van der Waals surface area contributed by atoms with Crippen LogP contribution in [-0.4, -0.2) is 33.4 Å². The zero-order valence-corrected chi connectivity index (χ0v) is 13.6. The van der Waals surface area contributed by atoms with E-state index in [-0.39, 0.29) is 17.6 Å². The topological polar surface area (TPSA) is 62.5 Å². The minimum atomic E-state index is -0.354. The van der Waals surface area contributed by atoms with Gasteiger partial charge in [-0.15, -0.1) is 0 Å². The monoisotopic (exact) mass is 339 g/mol. The van der Waals surface area contributed by atoms with Crippen LogP contribution in [0.3, 0.4) is 0 Å². The van der Waals surface area contributed by atoms with Gasteiger partial charge in [0.2, 0.25) is 5.91 Å². The number of hydrogen-bond acceptors (Lipinski definition) is 4. The highest BCUT2D eigenvalue weighted by atomic mass is 19.1. The molecule has 4 rings (SSSR count). The molecule has 25 heavy (non-hydrogen) atoms. The van der Waals surface area contributed by atoms with E-state index in [0.717, 1.165) is 37.3 Å². The predicted molar refractivity (Wildman–Crippen MR) is 93.0 cm³/mol. The lowest BCUT2D eigenvalue weighted by atomic mass is 9.95. The van der Waals surface area contributed by atoms with Gasteiger partial charge < -0.3 is 14.6 Å². The first kappa shape index (κ1) is 15.6. The summed E-state index contributed by atoms with van der Waals surface area (Å²) in [6.07, 6.45) is 8.64. The molecule has 0 unspecified atom stereocenters. The number of imidazole rings is 1. The number of carbonyl (C=O) groups is 1. The number of fused-ring (bicyclic) bond motifs is 1. The minimum absolute atomic E-state index is 0.0548. The van der Waals surface area contributed by atoms with Crippen LogP contribution in [0.25, 0.3) is 5.52 Å². The summed E-state index contributed by atoms with van der Waals surface area (Å²) in [4.78, 5) is 23.2. The fraction of sp³-hybridized carbons (Fsp3) is 0.278. The number of rotatable bonds is 3. The number of nitrogens with one attached hydrogen (secondary N) is 1. The van der Waals surface area contributed by atoms with E-state index in [9.17, 15) is 9.18 Å². The predicted octanol–water partition coefficient (Wildman–Crippen LogP) is 2.72. The molecule has 1 saturated heterocycles. The Kier molecular flexibility index (Phi) is 4.05. The highest BCUT2D eigenvalue weighted by molar-refractivity contribution is 5.92. The second-order valence-corrected chi connectivity index (χ2v) is 6.20. The Morgan fingerprint density at radius 1 is 1.28 bits per heavy atom. The number of hydrogen-bond donors (Lipinski definition) is 1. The Bertz CT molecular complexity index is 901. The van der Waals surface area contributed by atoms with E-state index in [1.165, 1.54) is 12.1 Å². The van der Waals surface area contributed by atoms with Gasteiger partial charge in [0.1, 0.15) is 11.3 Å². The maximum absolute atomic E-state index is 13.2. The summed E-state index contributed by atoms with van der Waals surface area (Å²) in [6.45, 7) is 1.50. The van der Waals surface area contributed by atoms with E-state index in [4.69, 9.17) is 0 Å². The average Bonchev–Trinajstić information content (AvgIpc) is 3.10. The standard InChI is InChI=1S/C18H18FN5O/c19-14-2-1-3-15(10-14)22-18(25)13-4-7-23(8-5-13)17-16-11-20-12-24(16)9-6-21-17/h1-3,6,9-13H,4-5,7-8H2,(H,22,25). The van der Waals surface area contributed by atoms with Gasteiger partial charge in [0.25, 0.3) is 0 Å². The highest BCUT2D eigenvalue weighted by Crippen LogP contribution is 2.26. The second kappa shape index (κ2) is 6.51. The van der Waals surface area contributed by atoms with Crippen LogP contribution in [0.2, 0.25) is 0 Å². The molecule has 0 spiro atoms. The van der Waals surface area contributed by atoms with Crippen molar-refractivity contribution in [2.75, 3.05) is 23.3 Å². The number of halogens is 1. The van der Waals surface area contributed by atoms with Crippen molar-refractivity contribution in [2.45, 2.75) is 12.8 Å². The molecule has 0 aliphatic carbocycles. The number of benzene rings is 1. The molecule has 2 aromatic heterocycles. The van der Waals surface area contributed by atoms with E-state index in [0.29, 0.717) is 5.69 Å². The summed E-state index contributed by atoms with van der Waals surface area (Å²) in [6, 6.07) is 5.97. The molecule has 0 atom stereocenters. The smallest absolute Gasteiger partial charge is 0.227 e. The summed E-state index contributed by atoms with van der Waals surface area (Å²) in [7, 11) is 0. The zero-order valence-electron chi connectivity index (χ0n) is 13.6. The summed E-state index contributed by atoms with van der Waals surface area (Å²) in [5, 5.41) is 2.81. The first-order valence-corrected chi connectivity index (χ1v) is 8.29. The highest BCUT2D eigenvalue weighted by Gasteiger charge is 2.26. The van der Waals surface area contributed by atoms with Crippen molar-refractivity contribution in [3.05, 3.63) is 55.0 Å². The second-order valence-electron chi connectivity index (χ2n) is 6.20. The normalized spacial score (nSPS) is 15.5. The van der Waals surface area contributed by atoms with Gasteiger partial charge in [0.05, 0.1) is 12.5 Å². The third kappa shape index (κ3) is 3.17. The molecular formula is C18H18FN5O. The van der Waals surface area contributed by atoms with Crippen LogP contribution >= 0.6 is 0 Å². The molecule has 1 aromatic carbocycles. The van der Waals surface area contributed by atoms with E-state index >= 15 is 0 Å². The molecule has 0 bridgehead atoms. The van der Waals surface area contributed by atoms with Gasteiger partial charge in [-0.25, -0.2) is 14.4 Å². The van der Waals surface area contributed by atoms with Crippen molar-refractivity contribution in [2.24, 2.45) is 5.92 Å². The number of nitrogens with zero attached hydrogens (tertiary/aromatic N) is 4. The van der Waals surface area contributed by atoms with Crippen molar-refractivity contribution in [3.63, 3.8) is 0 Å². The quantitative estimate of drug-likeness (QED) is 0.797. The molecular weight excluding hydrogens is 321 g/mol. The van der Waals surface area contributed by atoms with Crippen LogP contribution in [0.1, 0.15) is 12.8 Å². The van der Waals surface area contributed by atoms with Gasteiger partial charge in [0.15, 0.2) is 5.82 Å².